The molecule has 1 aromatic heterocycles. The van der Waals surface area contributed by atoms with E-state index in [0.29, 0.717) is 6.54 Å². The van der Waals surface area contributed by atoms with Crippen LogP contribution >= 0.6 is 0 Å². The number of nitrogens with one attached hydrogen (secondary N) is 1. The number of aromatic nitrogens is 2. The summed E-state index contributed by atoms with van der Waals surface area (Å²) in [6, 6.07) is 0. The van der Waals surface area contributed by atoms with Crippen LogP contribution < -0.4 is 5.32 Å². The van der Waals surface area contributed by atoms with Crippen LogP contribution in [0, 0.1) is 0 Å². The van der Waals surface area contributed by atoms with E-state index in [1.165, 1.54) is 0 Å². The number of allylic oxidation sites excluding steroid dienone is 1. The summed E-state index contributed by atoms with van der Waals surface area (Å²) < 4.78 is 7.27. The second-order valence-corrected chi connectivity index (χ2v) is 6.62. The van der Waals surface area contributed by atoms with Crippen molar-refractivity contribution in [2.24, 2.45) is 0 Å². The topological polar surface area (TPSA) is 56.2 Å². The fourth-order valence-corrected chi connectivity index (χ4v) is 1.88. The molecule has 1 heterocycles. The summed E-state index contributed by atoms with van der Waals surface area (Å²) in [5, 5.41) is 2.88. The lowest BCUT2D eigenvalue weighted by atomic mass is 10.0. The molecule has 5 nitrogen and oxygen atoms in total. The predicted molar refractivity (Wildman–Crippen MR) is 79.4 cm³/mol. The van der Waals surface area contributed by atoms with E-state index >= 15 is 0 Å². The molecule has 1 amide bonds. The highest BCUT2D eigenvalue weighted by Gasteiger charge is 2.29. The van der Waals surface area contributed by atoms with E-state index in [1.807, 2.05) is 46.1 Å². The van der Waals surface area contributed by atoms with Crippen molar-refractivity contribution in [2.45, 2.75) is 59.2 Å². The molecule has 20 heavy (non-hydrogen) atoms. The Balaban J connectivity index is 2.86. The lowest BCUT2D eigenvalue weighted by molar-refractivity contribution is 0.0467. The van der Waals surface area contributed by atoms with Crippen molar-refractivity contribution in [1.29, 1.82) is 0 Å². The van der Waals surface area contributed by atoms with Gasteiger partial charge in [0.15, 0.2) is 0 Å². The summed E-state index contributed by atoms with van der Waals surface area (Å²) in [5.41, 5.74) is 0.843. The van der Waals surface area contributed by atoms with Gasteiger partial charge in [-0.05, 0) is 41.5 Å². The zero-order valence-corrected chi connectivity index (χ0v) is 13.3. The predicted octanol–water partition coefficient (Wildman–Crippen LogP) is 3.22. The van der Waals surface area contributed by atoms with E-state index in [1.54, 1.807) is 12.5 Å². The molecule has 0 atom stereocenters. The van der Waals surface area contributed by atoms with Gasteiger partial charge in [0.2, 0.25) is 0 Å². The molecule has 0 spiro atoms. The van der Waals surface area contributed by atoms with E-state index in [9.17, 15) is 4.79 Å². The van der Waals surface area contributed by atoms with Gasteiger partial charge in [0, 0.05) is 6.54 Å². The number of rotatable bonds is 4. The summed E-state index contributed by atoms with van der Waals surface area (Å²) in [6.07, 6.45) is 3.05. The number of alkyl carbamates (subject to hydrolysis) is 1. The molecule has 1 rings (SSSR count). The van der Waals surface area contributed by atoms with Gasteiger partial charge in [-0.15, -0.1) is 0 Å². The van der Waals surface area contributed by atoms with Crippen LogP contribution in [0.2, 0.25) is 0 Å². The van der Waals surface area contributed by atoms with Crippen LogP contribution in [0.3, 0.4) is 0 Å². The molecule has 0 aliphatic rings. The summed E-state index contributed by atoms with van der Waals surface area (Å²) in [5.74, 6) is 0. The Morgan fingerprint density at radius 2 is 2.00 bits per heavy atom. The highest BCUT2D eigenvalue weighted by molar-refractivity contribution is 5.68. The number of hydrogen-bond acceptors (Lipinski definition) is 3. The first-order valence-corrected chi connectivity index (χ1v) is 6.67. The molecule has 112 valence electrons. The highest BCUT2D eigenvalue weighted by Crippen LogP contribution is 2.21. The molecule has 0 unspecified atom stereocenters. The minimum atomic E-state index is -0.575. The highest BCUT2D eigenvalue weighted by atomic mass is 16.6. The first-order chi connectivity index (χ1) is 9.01. The van der Waals surface area contributed by atoms with E-state index in [4.69, 9.17) is 4.74 Å². The van der Waals surface area contributed by atoms with E-state index in [0.717, 1.165) is 11.3 Å². The Morgan fingerprint density at radius 3 is 2.50 bits per heavy atom. The Hall–Kier alpha value is -1.78. The van der Waals surface area contributed by atoms with Crippen LogP contribution in [0.4, 0.5) is 4.79 Å². The summed E-state index contributed by atoms with van der Waals surface area (Å²) in [4.78, 5) is 16.1. The monoisotopic (exact) mass is 279 g/mol. The molecule has 0 saturated heterocycles. The van der Waals surface area contributed by atoms with E-state index in [-0.39, 0.29) is 0 Å². The normalized spacial score (nSPS) is 12.1. The average Bonchev–Trinajstić information content (AvgIpc) is 2.60. The molecule has 0 aliphatic heterocycles. The lowest BCUT2D eigenvalue weighted by Crippen LogP contribution is -2.44. The van der Waals surface area contributed by atoms with Crippen LogP contribution in [-0.4, -0.2) is 21.2 Å². The van der Waals surface area contributed by atoms with E-state index < -0.39 is 17.2 Å². The van der Waals surface area contributed by atoms with Crippen molar-refractivity contribution in [1.82, 2.24) is 14.9 Å². The van der Waals surface area contributed by atoms with Crippen molar-refractivity contribution >= 4 is 6.09 Å². The molecule has 0 saturated carbocycles. The molecule has 1 aromatic rings. The van der Waals surface area contributed by atoms with Gasteiger partial charge in [-0.1, -0.05) is 12.2 Å². The maximum Gasteiger partial charge on any atom is 0.408 e. The van der Waals surface area contributed by atoms with Crippen molar-refractivity contribution in [3.63, 3.8) is 0 Å². The van der Waals surface area contributed by atoms with Gasteiger partial charge in [0.05, 0.1) is 23.8 Å². The largest absolute Gasteiger partial charge is 0.444 e. The number of amides is 1. The lowest BCUT2D eigenvalue weighted by Gasteiger charge is -2.29. The summed E-state index contributed by atoms with van der Waals surface area (Å²) >= 11 is 0. The van der Waals surface area contributed by atoms with Crippen LogP contribution in [0.25, 0.3) is 0 Å². The van der Waals surface area contributed by atoms with Crippen molar-refractivity contribution in [2.75, 3.05) is 0 Å². The number of imidazole rings is 1. The number of nitrogens with zero attached hydrogens (tertiary/aromatic N) is 2. The molecular formula is C15H25N3O2. The molecule has 5 heteroatoms. The second-order valence-electron chi connectivity index (χ2n) is 6.62. The van der Waals surface area contributed by atoms with Gasteiger partial charge in [0.25, 0.3) is 0 Å². The minimum absolute atomic E-state index is 0.439. The maximum atomic E-state index is 11.9. The SMILES string of the molecule is C=C(C)Cn1cncc1C(C)(C)NC(=O)OC(C)(C)C. The smallest absolute Gasteiger partial charge is 0.408 e. The number of ether oxygens (including phenoxy) is 1. The fraction of sp³-hybridized carbons (Fsp3) is 0.600. The Morgan fingerprint density at radius 1 is 1.40 bits per heavy atom. The third-order valence-corrected chi connectivity index (χ3v) is 2.61. The Bertz CT molecular complexity index is 495. The third-order valence-electron chi connectivity index (χ3n) is 2.61. The second kappa shape index (κ2) is 5.69. The molecule has 0 aliphatic carbocycles. The van der Waals surface area contributed by atoms with Gasteiger partial charge in [-0.3, -0.25) is 0 Å². The summed E-state index contributed by atoms with van der Waals surface area (Å²) in [6.45, 7) is 15.9. The molecular weight excluding hydrogens is 254 g/mol. The van der Waals surface area contributed by atoms with Gasteiger partial charge in [-0.2, -0.15) is 0 Å². The molecule has 0 fully saturated rings. The van der Waals surface area contributed by atoms with Crippen molar-refractivity contribution in [3.8, 4) is 0 Å². The maximum absolute atomic E-state index is 11.9. The Kier molecular flexibility index (Phi) is 4.63. The first kappa shape index (κ1) is 16.3. The van der Waals surface area contributed by atoms with Crippen LogP contribution in [-0.2, 0) is 16.8 Å². The van der Waals surface area contributed by atoms with E-state index in [2.05, 4.69) is 16.9 Å². The zero-order valence-electron chi connectivity index (χ0n) is 13.3. The number of carbonyl (C=O) groups is 1. The van der Waals surface area contributed by atoms with Gasteiger partial charge in [0.1, 0.15) is 5.60 Å². The molecule has 0 bridgehead atoms. The fourth-order valence-electron chi connectivity index (χ4n) is 1.88. The van der Waals surface area contributed by atoms with Crippen molar-refractivity contribution in [3.05, 3.63) is 30.4 Å². The van der Waals surface area contributed by atoms with Crippen LogP contribution in [0.1, 0.15) is 47.2 Å². The standard InChI is InChI=1S/C15H25N3O2/c1-11(2)9-18-10-16-8-12(18)15(6,7)17-13(19)20-14(3,4)5/h8,10H,1,9H2,2-7H3,(H,17,19). The van der Waals surface area contributed by atoms with Crippen LogP contribution in [0.5, 0.6) is 0 Å². The van der Waals surface area contributed by atoms with Crippen LogP contribution in [0.15, 0.2) is 24.7 Å². The molecule has 0 aromatic carbocycles. The minimum Gasteiger partial charge on any atom is -0.444 e. The first-order valence-electron chi connectivity index (χ1n) is 6.67. The third kappa shape index (κ3) is 4.72. The van der Waals surface area contributed by atoms with Gasteiger partial charge in [-0.25, -0.2) is 9.78 Å². The number of carbonyl (C=O) groups excluding carboxylic acids is 1. The molecule has 0 radical (unpaired) electrons. The number of hydrogen-bond donors (Lipinski definition) is 1. The van der Waals surface area contributed by atoms with Crippen molar-refractivity contribution < 1.29 is 9.53 Å². The Labute approximate surface area is 121 Å². The molecule has 1 N–H and O–H groups in total. The quantitative estimate of drug-likeness (QED) is 0.861. The van der Waals surface area contributed by atoms with Gasteiger partial charge < -0.3 is 14.6 Å². The van der Waals surface area contributed by atoms with Gasteiger partial charge >= 0.3 is 6.09 Å². The zero-order chi connectivity index (χ0) is 15.6. The average molecular weight is 279 g/mol. The summed E-state index contributed by atoms with van der Waals surface area (Å²) in [7, 11) is 0.